The van der Waals surface area contributed by atoms with Crippen LogP contribution in [-0.4, -0.2) is 65.1 Å². The number of nitrogens with zero attached hydrogens (tertiary/aromatic N) is 6. The fraction of sp³-hybridized carbons (Fsp3) is 0.421. The molecule has 4 heterocycles. The summed E-state index contributed by atoms with van der Waals surface area (Å²) in [5.74, 6) is 2.05. The number of hydrogen-bond acceptors (Lipinski definition) is 6. The van der Waals surface area contributed by atoms with Crippen molar-refractivity contribution in [2.45, 2.75) is 13.5 Å². The molecular formula is C19H25N7. The van der Waals surface area contributed by atoms with Gasteiger partial charge >= 0.3 is 0 Å². The number of piperazine rings is 1. The molecule has 7 heteroatoms. The number of fused-ring (bicyclic) bond motifs is 1. The van der Waals surface area contributed by atoms with E-state index in [1.165, 1.54) is 5.56 Å². The lowest BCUT2D eigenvalue weighted by Crippen LogP contribution is -2.47. The molecule has 0 atom stereocenters. The zero-order valence-electron chi connectivity index (χ0n) is 15.6. The molecule has 0 saturated carbocycles. The van der Waals surface area contributed by atoms with Gasteiger partial charge < -0.3 is 19.7 Å². The summed E-state index contributed by atoms with van der Waals surface area (Å²) in [6.45, 7) is 6.68. The number of aromatic amines is 1. The van der Waals surface area contributed by atoms with E-state index in [-0.39, 0.29) is 0 Å². The number of aromatic nitrogens is 4. The van der Waals surface area contributed by atoms with Crippen LogP contribution in [-0.2, 0) is 6.54 Å². The van der Waals surface area contributed by atoms with Crippen molar-refractivity contribution >= 4 is 22.7 Å². The second kappa shape index (κ2) is 6.92. The van der Waals surface area contributed by atoms with E-state index in [0.29, 0.717) is 0 Å². The average Bonchev–Trinajstić information content (AvgIpc) is 3.02. The maximum absolute atomic E-state index is 4.66. The molecule has 26 heavy (non-hydrogen) atoms. The normalized spacial score (nSPS) is 15.2. The van der Waals surface area contributed by atoms with Crippen LogP contribution in [0.4, 0.5) is 11.6 Å². The topological polar surface area (TPSA) is 64.2 Å². The smallest absolute Gasteiger partial charge is 0.156 e. The monoisotopic (exact) mass is 351 g/mol. The standard InChI is InChI=1S/C19H25N7/c1-14-10-16-18(23-14)19(22-13-21-16)26-8-6-25(7-9-26)17-5-4-15(11-20-17)12-24(2)3/h4-5,10-11,13,23H,6-9,12H2,1-3H3. The number of anilines is 2. The Balaban J connectivity index is 1.45. The summed E-state index contributed by atoms with van der Waals surface area (Å²) in [7, 11) is 4.14. The highest BCUT2D eigenvalue weighted by Gasteiger charge is 2.21. The SMILES string of the molecule is Cc1cc2ncnc(N3CCN(c4ccc(CN(C)C)cn4)CC3)c2[nH]1. The van der Waals surface area contributed by atoms with Crippen molar-refractivity contribution < 1.29 is 0 Å². The molecular weight excluding hydrogens is 326 g/mol. The van der Waals surface area contributed by atoms with E-state index in [2.05, 4.69) is 73.9 Å². The lowest BCUT2D eigenvalue weighted by molar-refractivity contribution is 0.402. The average molecular weight is 351 g/mol. The lowest BCUT2D eigenvalue weighted by atomic mass is 10.2. The van der Waals surface area contributed by atoms with Crippen molar-refractivity contribution in [3.05, 3.63) is 42.0 Å². The minimum atomic E-state index is 0.917. The summed E-state index contributed by atoms with van der Waals surface area (Å²) in [4.78, 5) is 23.8. The van der Waals surface area contributed by atoms with Crippen molar-refractivity contribution in [1.29, 1.82) is 0 Å². The number of nitrogens with one attached hydrogen (secondary N) is 1. The first kappa shape index (κ1) is 16.8. The molecule has 0 amide bonds. The van der Waals surface area contributed by atoms with Crippen molar-refractivity contribution in [3.63, 3.8) is 0 Å². The van der Waals surface area contributed by atoms with Crippen molar-refractivity contribution in [2.24, 2.45) is 0 Å². The second-order valence-electron chi connectivity index (χ2n) is 7.15. The molecule has 3 aromatic rings. The Morgan fingerprint density at radius 3 is 2.50 bits per heavy atom. The Bertz CT molecular complexity index is 877. The lowest BCUT2D eigenvalue weighted by Gasteiger charge is -2.36. The first-order valence-electron chi connectivity index (χ1n) is 9.00. The molecule has 4 rings (SSSR count). The Labute approximate surface area is 153 Å². The molecule has 0 radical (unpaired) electrons. The van der Waals surface area contributed by atoms with E-state index in [1.807, 2.05) is 6.20 Å². The van der Waals surface area contributed by atoms with Crippen LogP contribution in [0.2, 0.25) is 0 Å². The molecule has 7 nitrogen and oxygen atoms in total. The van der Waals surface area contributed by atoms with Gasteiger partial charge in [-0.1, -0.05) is 6.07 Å². The van der Waals surface area contributed by atoms with Gasteiger partial charge in [-0.05, 0) is 38.7 Å². The number of pyridine rings is 1. The second-order valence-corrected chi connectivity index (χ2v) is 7.15. The molecule has 0 unspecified atom stereocenters. The minimum Gasteiger partial charge on any atom is -0.354 e. The van der Waals surface area contributed by atoms with Gasteiger partial charge in [0.1, 0.15) is 17.7 Å². The minimum absolute atomic E-state index is 0.917. The largest absolute Gasteiger partial charge is 0.354 e. The van der Waals surface area contributed by atoms with Crippen LogP contribution in [0.5, 0.6) is 0 Å². The van der Waals surface area contributed by atoms with Crippen LogP contribution in [0.15, 0.2) is 30.7 Å². The third-order valence-corrected chi connectivity index (χ3v) is 4.74. The molecule has 1 fully saturated rings. The van der Waals surface area contributed by atoms with Crippen LogP contribution in [0.1, 0.15) is 11.3 Å². The third kappa shape index (κ3) is 3.35. The van der Waals surface area contributed by atoms with Gasteiger partial charge in [-0.15, -0.1) is 0 Å². The maximum Gasteiger partial charge on any atom is 0.156 e. The molecule has 1 N–H and O–H groups in total. The van der Waals surface area contributed by atoms with Crippen molar-refractivity contribution in [2.75, 3.05) is 50.1 Å². The molecule has 1 aliphatic rings. The van der Waals surface area contributed by atoms with Crippen LogP contribution in [0.3, 0.4) is 0 Å². The number of aryl methyl sites for hydroxylation is 1. The Morgan fingerprint density at radius 2 is 1.81 bits per heavy atom. The van der Waals surface area contributed by atoms with Crippen LogP contribution < -0.4 is 9.80 Å². The fourth-order valence-electron chi connectivity index (χ4n) is 3.51. The number of hydrogen-bond donors (Lipinski definition) is 1. The van der Waals surface area contributed by atoms with Gasteiger partial charge in [-0.25, -0.2) is 15.0 Å². The molecule has 0 aliphatic carbocycles. The van der Waals surface area contributed by atoms with E-state index in [9.17, 15) is 0 Å². The van der Waals surface area contributed by atoms with Gasteiger partial charge in [0.05, 0.1) is 5.52 Å². The molecule has 3 aromatic heterocycles. The first-order chi connectivity index (χ1) is 12.6. The first-order valence-corrected chi connectivity index (χ1v) is 9.00. The Kier molecular flexibility index (Phi) is 4.46. The molecule has 0 aromatic carbocycles. The van der Waals surface area contributed by atoms with Crippen LogP contribution >= 0.6 is 0 Å². The highest BCUT2D eigenvalue weighted by molar-refractivity contribution is 5.86. The molecule has 0 bridgehead atoms. The van der Waals surface area contributed by atoms with Gasteiger partial charge in [0.25, 0.3) is 0 Å². The predicted molar refractivity (Wildman–Crippen MR) is 105 cm³/mol. The number of H-pyrrole nitrogens is 1. The molecule has 0 spiro atoms. The molecule has 136 valence electrons. The summed E-state index contributed by atoms with van der Waals surface area (Å²) in [5, 5.41) is 0. The van der Waals surface area contributed by atoms with Gasteiger partial charge in [-0.3, -0.25) is 0 Å². The van der Waals surface area contributed by atoms with Gasteiger partial charge in [0, 0.05) is 44.6 Å². The summed E-state index contributed by atoms with van der Waals surface area (Å²) in [6, 6.07) is 6.37. The third-order valence-electron chi connectivity index (χ3n) is 4.74. The Morgan fingerprint density at radius 1 is 1.04 bits per heavy atom. The highest BCUT2D eigenvalue weighted by atomic mass is 15.3. The van der Waals surface area contributed by atoms with Crippen molar-refractivity contribution in [1.82, 2.24) is 24.8 Å². The fourth-order valence-corrected chi connectivity index (χ4v) is 3.51. The zero-order valence-corrected chi connectivity index (χ0v) is 15.6. The van der Waals surface area contributed by atoms with Gasteiger partial charge in [-0.2, -0.15) is 0 Å². The summed E-state index contributed by atoms with van der Waals surface area (Å²) < 4.78 is 0. The summed E-state index contributed by atoms with van der Waals surface area (Å²) in [6.07, 6.45) is 3.64. The Hall–Kier alpha value is -2.67. The predicted octanol–water partition coefficient (Wildman–Crippen LogP) is 2.05. The van der Waals surface area contributed by atoms with E-state index in [4.69, 9.17) is 0 Å². The van der Waals surface area contributed by atoms with Crippen LogP contribution in [0.25, 0.3) is 11.0 Å². The number of rotatable bonds is 4. The van der Waals surface area contributed by atoms with E-state index in [1.54, 1.807) is 6.33 Å². The quantitative estimate of drug-likeness (QED) is 0.776. The van der Waals surface area contributed by atoms with Gasteiger partial charge in [0.2, 0.25) is 0 Å². The zero-order chi connectivity index (χ0) is 18.1. The molecule has 1 aliphatic heterocycles. The van der Waals surface area contributed by atoms with Gasteiger partial charge in [0.15, 0.2) is 5.82 Å². The maximum atomic E-state index is 4.66. The molecule has 1 saturated heterocycles. The van der Waals surface area contributed by atoms with Crippen LogP contribution in [0, 0.1) is 6.92 Å². The summed E-state index contributed by atoms with van der Waals surface area (Å²) in [5.41, 5.74) is 4.36. The highest BCUT2D eigenvalue weighted by Crippen LogP contribution is 2.24. The summed E-state index contributed by atoms with van der Waals surface area (Å²) >= 11 is 0. The van der Waals surface area contributed by atoms with E-state index < -0.39 is 0 Å². The van der Waals surface area contributed by atoms with E-state index >= 15 is 0 Å². The van der Waals surface area contributed by atoms with E-state index in [0.717, 1.165) is 61.1 Å². The van der Waals surface area contributed by atoms with Crippen molar-refractivity contribution in [3.8, 4) is 0 Å².